The molecule has 0 amide bonds. The quantitative estimate of drug-likeness (QED) is 0.829. The highest BCUT2D eigenvalue weighted by molar-refractivity contribution is 7.13. The summed E-state index contributed by atoms with van der Waals surface area (Å²) in [5.41, 5.74) is 6.31. The normalized spacial score (nSPS) is 10.1. The van der Waals surface area contributed by atoms with Gasteiger partial charge in [-0.25, -0.2) is 0 Å². The summed E-state index contributed by atoms with van der Waals surface area (Å²) in [7, 11) is 1.59. The summed E-state index contributed by atoms with van der Waals surface area (Å²) in [6.07, 6.45) is 0. The summed E-state index contributed by atoms with van der Waals surface area (Å²) in [6.45, 7) is 1.86. The Balaban J connectivity index is 2.26. The number of nitrogen functional groups attached to an aromatic ring is 1. The Kier molecular flexibility index (Phi) is 2.91. The molecule has 1 aromatic carbocycles. The zero-order valence-electron chi connectivity index (χ0n) is 8.93. The Labute approximate surface area is 96.8 Å². The van der Waals surface area contributed by atoms with Gasteiger partial charge in [0.25, 0.3) is 5.19 Å². The van der Waals surface area contributed by atoms with Crippen LogP contribution >= 0.6 is 11.3 Å². The number of nitrogens with zero attached hydrogens (tertiary/aromatic N) is 2. The minimum atomic E-state index is 0.470. The predicted octanol–water partition coefficient (Wildman–Crippen LogP) is 2.23. The molecule has 2 N–H and O–H groups in total. The number of anilines is 1. The van der Waals surface area contributed by atoms with Gasteiger partial charge >= 0.3 is 0 Å². The lowest BCUT2D eigenvalue weighted by Crippen LogP contribution is -1.93. The van der Waals surface area contributed by atoms with Crippen molar-refractivity contribution in [2.75, 3.05) is 12.8 Å². The van der Waals surface area contributed by atoms with Gasteiger partial charge in [0.05, 0.1) is 12.8 Å². The second-order valence-corrected chi connectivity index (χ2v) is 4.24. The monoisotopic (exact) mass is 237 g/mol. The summed E-state index contributed by atoms with van der Waals surface area (Å²) in [6, 6.07) is 5.21. The zero-order valence-corrected chi connectivity index (χ0v) is 9.75. The number of benzene rings is 1. The van der Waals surface area contributed by atoms with Gasteiger partial charge in [-0.05, 0) is 19.1 Å². The van der Waals surface area contributed by atoms with Crippen LogP contribution < -0.4 is 15.2 Å². The van der Waals surface area contributed by atoms with Crippen LogP contribution in [0.15, 0.2) is 18.2 Å². The molecular weight excluding hydrogens is 226 g/mol. The Morgan fingerprint density at radius 2 is 2.12 bits per heavy atom. The molecule has 2 rings (SSSR count). The van der Waals surface area contributed by atoms with E-state index < -0.39 is 0 Å². The van der Waals surface area contributed by atoms with Crippen LogP contribution in [-0.2, 0) is 0 Å². The van der Waals surface area contributed by atoms with Gasteiger partial charge in [0, 0.05) is 6.07 Å². The molecule has 0 aliphatic carbocycles. The molecule has 6 heteroatoms. The molecule has 84 valence electrons. The molecule has 0 fully saturated rings. The second kappa shape index (κ2) is 4.36. The van der Waals surface area contributed by atoms with Crippen molar-refractivity contribution in [2.24, 2.45) is 0 Å². The van der Waals surface area contributed by atoms with Crippen molar-refractivity contribution in [3.63, 3.8) is 0 Å². The molecule has 0 unspecified atom stereocenters. The standard InChI is InChI=1S/C10H11N3O2S/c1-6-12-13-10(16-6)15-9-5-7(14-2)3-4-8(9)11/h3-5H,11H2,1-2H3. The van der Waals surface area contributed by atoms with Crippen LogP contribution in [0.4, 0.5) is 5.69 Å². The first kappa shape index (κ1) is 10.7. The molecule has 0 radical (unpaired) electrons. The predicted molar refractivity (Wildman–Crippen MR) is 62.1 cm³/mol. The van der Waals surface area contributed by atoms with E-state index in [9.17, 15) is 0 Å². The fraction of sp³-hybridized carbons (Fsp3) is 0.200. The number of hydrogen-bond acceptors (Lipinski definition) is 6. The fourth-order valence-electron chi connectivity index (χ4n) is 1.14. The van der Waals surface area contributed by atoms with E-state index in [4.69, 9.17) is 15.2 Å². The van der Waals surface area contributed by atoms with Crippen molar-refractivity contribution < 1.29 is 9.47 Å². The SMILES string of the molecule is COc1ccc(N)c(Oc2nnc(C)s2)c1. The highest BCUT2D eigenvalue weighted by Crippen LogP contribution is 2.32. The number of rotatable bonds is 3. The van der Waals surface area contributed by atoms with E-state index in [1.807, 2.05) is 6.92 Å². The van der Waals surface area contributed by atoms with E-state index in [-0.39, 0.29) is 0 Å². The molecule has 0 spiro atoms. The maximum Gasteiger partial charge on any atom is 0.299 e. The van der Waals surface area contributed by atoms with Crippen molar-refractivity contribution in [1.82, 2.24) is 10.2 Å². The van der Waals surface area contributed by atoms with Crippen LogP contribution in [0.1, 0.15) is 5.01 Å². The molecule has 0 saturated carbocycles. The van der Waals surface area contributed by atoms with Gasteiger partial charge in [-0.2, -0.15) is 0 Å². The third-order valence-electron chi connectivity index (χ3n) is 1.93. The van der Waals surface area contributed by atoms with Crippen molar-refractivity contribution in [3.8, 4) is 16.7 Å². The number of aryl methyl sites for hydroxylation is 1. The van der Waals surface area contributed by atoms with Crippen LogP contribution in [0.5, 0.6) is 16.7 Å². The third-order valence-corrected chi connectivity index (χ3v) is 2.64. The van der Waals surface area contributed by atoms with Crippen molar-refractivity contribution in [2.45, 2.75) is 6.92 Å². The lowest BCUT2D eigenvalue weighted by Gasteiger charge is -2.06. The lowest BCUT2D eigenvalue weighted by atomic mass is 10.3. The molecule has 1 heterocycles. The van der Waals surface area contributed by atoms with E-state index in [0.717, 1.165) is 5.01 Å². The maximum absolute atomic E-state index is 5.77. The Morgan fingerprint density at radius 3 is 2.75 bits per heavy atom. The fourth-order valence-corrected chi connectivity index (χ4v) is 1.69. The molecule has 16 heavy (non-hydrogen) atoms. The van der Waals surface area contributed by atoms with E-state index in [1.54, 1.807) is 25.3 Å². The average Bonchev–Trinajstić information content (AvgIpc) is 2.67. The average molecular weight is 237 g/mol. The number of methoxy groups -OCH3 is 1. The van der Waals surface area contributed by atoms with Crippen LogP contribution in [-0.4, -0.2) is 17.3 Å². The first-order valence-electron chi connectivity index (χ1n) is 4.60. The second-order valence-electron chi connectivity index (χ2n) is 3.09. The minimum absolute atomic E-state index is 0.470. The summed E-state index contributed by atoms with van der Waals surface area (Å²) in [5, 5.41) is 9.03. The minimum Gasteiger partial charge on any atom is -0.497 e. The summed E-state index contributed by atoms with van der Waals surface area (Å²) >= 11 is 1.36. The van der Waals surface area contributed by atoms with E-state index in [0.29, 0.717) is 22.4 Å². The first-order chi connectivity index (χ1) is 7.69. The van der Waals surface area contributed by atoms with Crippen LogP contribution in [0.25, 0.3) is 0 Å². The molecule has 2 aromatic rings. The summed E-state index contributed by atoms with van der Waals surface area (Å²) < 4.78 is 10.6. The molecule has 0 bridgehead atoms. The molecular formula is C10H11N3O2S. The van der Waals surface area contributed by atoms with Gasteiger partial charge in [0.1, 0.15) is 10.8 Å². The molecule has 5 nitrogen and oxygen atoms in total. The number of hydrogen-bond donors (Lipinski definition) is 1. The smallest absolute Gasteiger partial charge is 0.299 e. The molecule has 0 saturated heterocycles. The maximum atomic E-state index is 5.77. The van der Waals surface area contributed by atoms with E-state index >= 15 is 0 Å². The zero-order chi connectivity index (χ0) is 11.5. The van der Waals surface area contributed by atoms with Crippen molar-refractivity contribution in [3.05, 3.63) is 23.2 Å². The highest BCUT2D eigenvalue weighted by atomic mass is 32.1. The summed E-state index contributed by atoms with van der Waals surface area (Å²) in [5.74, 6) is 1.21. The molecule has 0 aliphatic rings. The number of aromatic nitrogens is 2. The molecule has 1 aromatic heterocycles. The van der Waals surface area contributed by atoms with Gasteiger partial charge < -0.3 is 15.2 Å². The number of ether oxygens (including phenoxy) is 2. The van der Waals surface area contributed by atoms with Crippen LogP contribution in [0, 0.1) is 6.92 Å². The van der Waals surface area contributed by atoms with Crippen LogP contribution in [0.3, 0.4) is 0 Å². The van der Waals surface area contributed by atoms with Gasteiger partial charge in [-0.3, -0.25) is 0 Å². The lowest BCUT2D eigenvalue weighted by molar-refractivity contribution is 0.409. The largest absolute Gasteiger partial charge is 0.497 e. The van der Waals surface area contributed by atoms with E-state index in [1.165, 1.54) is 11.3 Å². The van der Waals surface area contributed by atoms with Crippen molar-refractivity contribution >= 4 is 17.0 Å². The number of nitrogens with two attached hydrogens (primary N) is 1. The van der Waals surface area contributed by atoms with E-state index in [2.05, 4.69) is 10.2 Å². The highest BCUT2D eigenvalue weighted by Gasteiger charge is 2.07. The first-order valence-corrected chi connectivity index (χ1v) is 5.42. The Hall–Kier alpha value is -1.82. The van der Waals surface area contributed by atoms with Crippen molar-refractivity contribution in [1.29, 1.82) is 0 Å². The Bertz CT molecular complexity index is 499. The third kappa shape index (κ3) is 2.22. The van der Waals surface area contributed by atoms with Gasteiger partial charge in [0.15, 0.2) is 5.75 Å². The topological polar surface area (TPSA) is 70.3 Å². The van der Waals surface area contributed by atoms with Gasteiger partial charge in [0.2, 0.25) is 0 Å². The van der Waals surface area contributed by atoms with Gasteiger partial charge in [-0.1, -0.05) is 16.4 Å². The van der Waals surface area contributed by atoms with Crippen LogP contribution in [0.2, 0.25) is 0 Å². The summed E-state index contributed by atoms with van der Waals surface area (Å²) in [4.78, 5) is 0. The molecule has 0 aliphatic heterocycles. The Morgan fingerprint density at radius 1 is 1.31 bits per heavy atom. The van der Waals surface area contributed by atoms with Gasteiger partial charge in [-0.15, -0.1) is 5.10 Å². The molecule has 0 atom stereocenters.